The van der Waals surface area contributed by atoms with Crippen molar-refractivity contribution < 1.29 is 17.9 Å². The highest BCUT2D eigenvalue weighted by atomic mass is 32.2. The lowest BCUT2D eigenvalue weighted by Crippen LogP contribution is -2.31. The summed E-state index contributed by atoms with van der Waals surface area (Å²) in [6.07, 6.45) is 0. The number of hydrogen-bond acceptors (Lipinski definition) is 4. The number of carbonyl (C=O) groups is 1. The Bertz CT molecular complexity index is 1360. The van der Waals surface area contributed by atoms with E-state index in [2.05, 4.69) is 36.0 Å². The van der Waals surface area contributed by atoms with Crippen molar-refractivity contribution in [2.24, 2.45) is 0 Å². The first-order valence-corrected chi connectivity index (χ1v) is 13.1. The lowest BCUT2D eigenvalue weighted by molar-refractivity contribution is -0.123. The van der Waals surface area contributed by atoms with Gasteiger partial charge in [-0.1, -0.05) is 18.2 Å². The maximum absolute atomic E-state index is 12.8. The van der Waals surface area contributed by atoms with Gasteiger partial charge in [0, 0.05) is 5.69 Å². The summed E-state index contributed by atoms with van der Waals surface area (Å²) < 4.78 is 34.0. The highest BCUT2D eigenvalue weighted by Crippen LogP contribution is 2.25. The summed E-state index contributed by atoms with van der Waals surface area (Å²) >= 11 is 0. The molecular formula is C28H34N2O4S. The predicted octanol–water partition coefficient (Wildman–Crippen LogP) is 5.59. The summed E-state index contributed by atoms with van der Waals surface area (Å²) in [4.78, 5) is 12.6. The molecule has 0 aromatic heterocycles. The first-order chi connectivity index (χ1) is 16.4. The van der Waals surface area contributed by atoms with Gasteiger partial charge in [-0.15, -0.1) is 0 Å². The van der Waals surface area contributed by atoms with E-state index >= 15 is 0 Å². The van der Waals surface area contributed by atoms with Gasteiger partial charge in [0.15, 0.2) is 6.61 Å². The molecule has 0 aliphatic rings. The second kappa shape index (κ2) is 10.5. The van der Waals surface area contributed by atoms with Crippen molar-refractivity contribution in [1.82, 2.24) is 5.32 Å². The lowest BCUT2D eigenvalue weighted by Gasteiger charge is -2.19. The summed E-state index contributed by atoms with van der Waals surface area (Å²) in [5, 5.41) is 2.97. The van der Waals surface area contributed by atoms with Crippen LogP contribution in [0.2, 0.25) is 0 Å². The summed E-state index contributed by atoms with van der Waals surface area (Å²) in [6, 6.07) is 14.1. The van der Waals surface area contributed by atoms with Crippen molar-refractivity contribution in [3.8, 4) is 5.75 Å². The molecule has 1 atom stereocenters. The van der Waals surface area contributed by atoms with Crippen LogP contribution in [0, 0.1) is 41.5 Å². The van der Waals surface area contributed by atoms with Crippen LogP contribution in [-0.4, -0.2) is 20.9 Å². The Kier molecular flexibility index (Phi) is 7.90. The standard InChI is InChI=1S/C28H34N2O4S/c1-17-8-9-24(13-19(17)3)30-35(32,33)25-10-11-27(22(6)14-25)34-16-28(31)29-23(7)26-15-20(4)18(2)12-21(26)5/h8-15,23,30H,16H2,1-7H3,(H,29,31). The number of amides is 1. The number of anilines is 1. The van der Waals surface area contributed by atoms with Gasteiger partial charge >= 0.3 is 0 Å². The van der Waals surface area contributed by atoms with Gasteiger partial charge in [-0.2, -0.15) is 0 Å². The van der Waals surface area contributed by atoms with E-state index in [1.807, 2.05) is 33.8 Å². The molecule has 0 saturated heterocycles. The zero-order valence-corrected chi connectivity index (χ0v) is 22.3. The molecule has 0 spiro atoms. The van der Waals surface area contributed by atoms with Crippen LogP contribution in [-0.2, 0) is 14.8 Å². The molecule has 1 unspecified atom stereocenters. The Morgan fingerprint density at radius 3 is 2.11 bits per heavy atom. The smallest absolute Gasteiger partial charge is 0.261 e. The van der Waals surface area contributed by atoms with Crippen LogP contribution in [0.1, 0.15) is 51.9 Å². The van der Waals surface area contributed by atoms with Crippen LogP contribution in [0.4, 0.5) is 5.69 Å². The molecule has 1 amide bonds. The van der Waals surface area contributed by atoms with Gasteiger partial charge in [0.1, 0.15) is 5.75 Å². The van der Waals surface area contributed by atoms with Crippen molar-refractivity contribution in [2.45, 2.75) is 59.4 Å². The zero-order valence-electron chi connectivity index (χ0n) is 21.4. The zero-order chi connectivity index (χ0) is 25.9. The Balaban J connectivity index is 1.64. The molecule has 6 nitrogen and oxygen atoms in total. The molecule has 0 bridgehead atoms. The molecule has 2 N–H and O–H groups in total. The maximum Gasteiger partial charge on any atom is 0.261 e. The Labute approximate surface area is 208 Å². The van der Waals surface area contributed by atoms with Gasteiger partial charge < -0.3 is 10.1 Å². The molecule has 3 aromatic rings. The molecule has 0 radical (unpaired) electrons. The second-order valence-corrected chi connectivity index (χ2v) is 10.9. The molecule has 3 aromatic carbocycles. The monoisotopic (exact) mass is 494 g/mol. The van der Waals surface area contributed by atoms with E-state index in [1.54, 1.807) is 25.1 Å². The second-order valence-electron chi connectivity index (χ2n) is 9.20. The first kappa shape index (κ1) is 26.3. The molecule has 35 heavy (non-hydrogen) atoms. The number of benzene rings is 3. The number of hydrogen-bond donors (Lipinski definition) is 2. The minimum atomic E-state index is -3.76. The van der Waals surface area contributed by atoms with Gasteiger partial charge in [-0.25, -0.2) is 8.42 Å². The van der Waals surface area contributed by atoms with E-state index < -0.39 is 10.0 Å². The SMILES string of the molecule is Cc1ccc(NS(=O)(=O)c2ccc(OCC(=O)NC(C)c3cc(C)c(C)cc3C)c(C)c2)cc1C. The normalized spacial score (nSPS) is 12.2. The van der Waals surface area contributed by atoms with Crippen LogP contribution >= 0.6 is 0 Å². The van der Waals surface area contributed by atoms with Crippen LogP contribution in [0.15, 0.2) is 53.4 Å². The van der Waals surface area contributed by atoms with Crippen molar-refractivity contribution >= 4 is 21.6 Å². The fraction of sp³-hybridized carbons (Fsp3) is 0.321. The number of carbonyl (C=O) groups excluding carboxylic acids is 1. The molecule has 7 heteroatoms. The number of sulfonamides is 1. The van der Waals surface area contributed by atoms with Crippen LogP contribution in [0.25, 0.3) is 0 Å². The van der Waals surface area contributed by atoms with Crippen LogP contribution < -0.4 is 14.8 Å². The predicted molar refractivity (Wildman–Crippen MR) is 141 cm³/mol. The van der Waals surface area contributed by atoms with Gasteiger partial charge in [0.05, 0.1) is 10.9 Å². The number of ether oxygens (including phenoxy) is 1. The average molecular weight is 495 g/mol. The minimum Gasteiger partial charge on any atom is -0.484 e. The fourth-order valence-corrected chi connectivity index (χ4v) is 5.06. The fourth-order valence-electron chi connectivity index (χ4n) is 3.92. The van der Waals surface area contributed by atoms with Crippen molar-refractivity contribution in [3.63, 3.8) is 0 Å². The molecular weight excluding hydrogens is 460 g/mol. The van der Waals surface area contributed by atoms with Gasteiger partial charge in [-0.3, -0.25) is 9.52 Å². The van der Waals surface area contributed by atoms with Gasteiger partial charge in [-0.05, 0) is 118 Å². The highest BCUT2D eigenvalue weighted by molar-refractivity contribution is 7.92. The third kappa shape index (κ3) is 6.42. The molecule has 0 aliphatic heterocycles. The van der Waals surface area contributed by atoms with E-state index in [-0.39, 0.29) is 23.5 Å². The Hall–Kier alpha value is -3.32. The summed E-state index contributed by atoms with van der Waals surface area (Å²) in [6.45, 7) is 13.6. The third-order valence-corrected chi connectivity index (χ3v) is 7.68. The van der Waals surface area contributed by atoms with Crippen LogP contribution in [0.5, 0.6) is 5.75 Å². The minimum absolute atomic E-state index is 0.129. The molecule has 0 fully saturated rings. The van der Waals surface area contributed by atoms with Crippen molar-refractivity contribution in [3.05, 3.63) is 87.5 Å². The summed E-state index contributed by atoms with van der Waals surface area (Å²) in [7, 11) is -3.76. The molecule has 0 aliphatic carbocycles. The Morgan fingerprint density at radius 1 is 0.800 bits per heavy atom. The van der Waals surface area contributed by atoms with E-state index in [9.17, 15) is 13.2 Å². The van der Waals surface area contributed by atoms with Crippen molar-refractivity contribution in [2.75, 3.05) is 11.3 Å². The van der Waals surface area contributed by atoms with E-state index in [1.165, 1.54) is 23.3 Å². The highest BCUT2D eigenvalue weighted by Gasteiger charge is 2.17. The molecule has 0 heterocycles. The molecule has 3 rings (SSSR count). The van der Waals surface area contributed by atoms with Gasteiger partial charge in [0.25, 0.3) is 15.9 Å². The quantitative estimate of drug-likeness (QED) is 0.427. The third-order valence-electron chi connectivity index (χ3n) is 6.30. The number of aryl methyl sites for hydroxylation is 6. The lowest BCUT2D eigenvalue weighted by atomic mass is 9.96. The van der Waals surface area contributed by atoms with E-state index in [0.717, 1.165) is 22.3 Å². The van der Waals surface area contributed by atoms with E-state index in [4.69, 9.17) is 4.74 Å². The topological polar surface area (TPSA) is 84.5 Å². The van der Waals surface area contributed by atoms with Crippen molar-refractivity contribution in [1.29, 1.82) is 0 Å². The largest absolute Gasteiger partial charge is 0.484 e. The van der Waals surface area contributed by atoms with E-state index in [0.29, 0.717) is 17.0 Å². The average Bonchev–Trinajstić information content (AvgIpc) is 2.77. The summed E-state index contributed by atoms with van der Waals surface area (Å²) in [5.41, 5.74) is 7.83. The Morgan fingerprint density at radius 2 is 1.46 bits per heavy atom. The molecule has 0 saturated carbocycles. The first-order valence-electron chi connectivity index (χ1n) is 11.6. The molecule has 186 valence electrons. The maximum atomic E-state index is 12.8. The number of rotatable bonds is 8. The van der Waals surface area contributed by atoms with Crippen LogP contribution in [0.3, 0.4) is 0 Å². The summed E-state index contributed by atoms with van der Waals surface area (Å²) in [5.74, 6) is 0.211. The van der Waals surface area contributed by atoms with Gasteiger partial charge in [0.2, 0.25) is 0 Å². The number of nitrogens with one attached hydrogen (secondary N) is 2.